The topological polar surface area (TPSA) is 166 Å². The van der Waals surface area contributed by atoms with Gasteiger partial charge in [-0.15, -0.1) is 0 Å². The number of aliphatic hydroxyl groups excluding tert-OH is 3. The fraction of sp³-hybridized carbons (Fsp3) is 0.870. The molecule has 11 heteroatoms. The molecule has 0 aromatic heterocycles. The first-order valence-corrected chi connectivity index (χ1v) is 11.9. The average Bonchev–Trinajstić information content (AvgIpc) is 2.77. The van der Waals surface area contributed by atoms with Gasteiger partial charge < -0.3 is 40.7 Å². The Hall–Kier alpha value is -1.63. The number of methoxy groups -OCH3 is 1. The lowest BCUT2D eigenvalue weighted by atomic mass is 9.96. The molecule has 1 aliphatic heterocycles. The third kappa shape index (κ3) is 8.86. The van der Waals surface area contributed by atoms with Crippen LogP contribution in [0.15, 0.2) is 0 Å². The predicted molar refractivity (Wildman–Crippen MR) is 125 cm³/mol. The Bertz CT molecular complexity index is 671. The SMILES string of the molecule is CO[C@@H]1O[C@H](CNC(=O)CC[C@H](NC(=O)[C@@H](NC(C)C)C(C)C)C(=O)C(C)C)[C@@H](O)[C@H](O)[C@H]1O. The highest BCUT2D eigenvalue weighted by Gasteiger charge is 2.43. The zero-order chi connectivity index (χ0) is 26.2. The quantitative estimate of drug-likeness (QED) is 0.192. The van der Waals surface area contributed by atoms with Gasteiger partial charge in [-0.25, -0.2) is 0 Å². The van der Waals surface area contributed by atoms with E-state index in [2.05, 4.69) is 16.0 Å². The van der Waals surface area contributed by atoms with Crippen molar-refractivity contribution in [3.63, 3.8) is 0 Å². The Balaban J connectivity index is 2.71. The van der Waals surface area contributed by atoms with Crippen LogP contribution < -0.4 is 16.0 Å². The van der Waals surface area contributed by atoms with Gasteiger partial charge in [-0.2, -0.15) is 0 Å². The van der Waals surface area contributed by atoms with Gasteiger partial charge in [0.2, 0.25) is 11.8 Å². The fourth-order valence-electron chi connectivity index (χ4n) is 3.74. The maximum Gasteiger partial charge on any atom is 0.237 e. The number of carbonyl (C=O) groups excluding carboxylic acids is 3. The molecule has 1 aliphatic rings. The fourth-order valence-corrected chi connectivity index (χ4v) is 3.74. The minimum Gasteiger partial charge on any atom is -0.388 e. The molecule has 1 fully saturated rings. The summed E-state index contributed by atoms with van der Waals surface area (Å²) in [6, 6.07) is -1.21. The molecule has 0 spiro atoms. The molecule has 0 bridgehead atoms. The van der Waals surface area contributed by atoms with Crippen LogP contribution in [0.25, 0.3) is 0 Å². The van der Waals surface area contributed by atoms with Gasteiger partial charge in [0, 0.05) is 32.0 Å². The zero-order valence-electron chi connectivity index (χ0n) is 21.3. The summed E-state index contributed by atoms with van der Waals surface area (Å²) in [4.78, 5) is 38.0. The lowest BCUT2D eigenvalue weighted by molar-refractivity contribution is -0.288. The summed E-state index contributed by atoms with van der Waals surface area (Å²) >= 11 is 0. The first kappa shape index (κ1) is 30.4. The van der Waals surface area contributed by atoms with Crippen LogP contribution in [0.1, 0.15) is 54.4 Å². The van der Waals surface area contributed by atoms with Crippen LogP contribution in [0.5, 0.6) is 0 Å². The van der Waals surface area contributed by atoms with E-state index in [9.17, 15) is 29.7 Å². The van der Waals surface area contributed by atoms with Gasteiger partial charge in [-0.1, -0.05) is 41.5 Å². The molecule has 2 amide bonds. The van der Waals surface area contributed by atoms with Gasteiger partial charge in [-0.05, 0) is 12.3 Å². The number of ketones is 1. The minimum absolute atomic E-state index is 0.00668. The number of hydrogen-bond acceptors (Lipinski definition) is 9. The van der Waals surface area contributed by atoms with Gasteiger partial charge in [0.05, 0.1) is 12.1 Å². The number of ether oxygens (including phenoxy) is 2. The number of hydrogen-bond donors (Lipinski definition) is 6. The number of rotatable bonds is 13. The molecule has 1 saturated heterocycles. The number of amides is 2. The number of aliphatic hydroxyl groups is 3. The number of Topliss-reactive ketones (excluding diaryl/α,β-unsaturated/α-hetero) is 1. The Kier molecular flexibility index (Phi) is 12.6. The monoisotopic (exact) mass is 489 g/mol. The molecule has 198 valence electrons. The van der Waals surface area contributed by atoms with Crippen LogP contribution >= 0.6 is 0 Å². The van der Waals surface area contributed by atoms with Crippen LogP contribution in [0.2, 0.25) is 0 Å². The van der Waals surface area contributed by atoms with E-state index in [1.807, 2.05) is 27.7 Å². The largest absolute Gasteiger partial charge is 0.388 e. The van der Waals surface area contributed by atoms with Crippen molar-refractivity contribution in [1.82, 2.24) is 16.0 Å². The standard InChI is InChI=1S/C23H43N3O8/c1-11(2)17(25-13(5)6)22(32)26-14(18(28)12(3)4)8-9-16(27)24-10-15-19(29)20(30)21(31)23(33-7)34-15/h11-15,17,19-21,23,25,29-31H,8-10H2,1-7H3,(H,24,27)(H,26,32)/t14-,15+,17-,19+,20-,21+,23+/m0/s1. The Morgan fingerprint density at radius 3 is 2.09 bits per heavy atom. The van der Waals surface area contributed by atoms with Crippen molar-refractivity contribution in [3.8, 4) is 0 Å². The van der Waals surface area contributed by atoms with Crippen molar-refractivity contribution in [3.05, 3.63) is 0 Å². The highest BCUT2D eigenvalue weighted by molar-refractivity contribution is 5.92. The Morgan fingerprint density at radius 1 is 0.971 bits per heavy atom. The summed E-state index contributed by atoms with van der Waals surface area (Å²) in [5, 5.41) is 38.5. The van der Waals surface area contributed by atoms with Crippen LogP contribution in [0, 0.1) is 11.8 Å². The summed E-state index contributed by atoms with van der Waals surface area (Å²) in [6.45, 7) is 11.0. The number of nitrogens with one attached hydrogen (secondary N) is 3. The molecular weight excluding hydrogens is 446 g/mol. The molecule has 11 nitrogen and oxygen atoms in total. The van der Waals surface area contributed by atoms with Gasteiger partial charge in [0.1, 0.15) is 24.4 Å². The summed E-state index contributed by atoms with van der Waals surface area (Å²) in [6.07, 6.45) is -6.40. The van der Waals surface area contributed by atoms with E-state index in [1.54, 1.807) is 13.8 Å². The molecule has 0 unspecified atom stereocenters. The highest BCUT2D eigenvalue weighted by Crippen LogP contribution is 2.21. The first-order chi connectivity index (χ1) is 15.8. The third-order valence-corrected chi connectivity index (χ3v) is 5.75. The molecule has 1 heterocycles. The Labute approximate surface area is 202 Å². The van der Waals surface area contributed by atoms with Crippen LogP contribution in [0.4, 0.5) is 0 Å². The first-order valence-electron chi connectivity index (χ1n) is 11.9. The second-order valence-electron chi connectivity index (χ2n) is 9.75. The lowest BCUT2D eigenvalue weighted by Gasteiger charge is -2.39. The molecule has 0 radical (unpaired) electrons. The minimum atomic E-state index is -1.49. The summed E-state index contributed by atoms with van der Waals surface area (Å²) in [5.41, 5.74) is 0. The van der Waals surface area contributed by atoms with Crippen molar-refractivity contribution in [1.29, 1.82) is 0 Å². The maximum absolute atomic E-state index is 12.9. The maximum atomic E-state index is 12.9. The van der Waals surface area contributed by atoms with E-state index >= 15 is 0 Å². The number of carbonyl (C=O) groups is 3. The summed E-state index contributed by atoms with van der Waals surface area (Å²) in [5.74, 6) is -1.19. The van der Waals surface area contributed by atoms with Gasteiger partial charge >= 0.3 is 0 Å². The highest BCUT2D eigenvalue weighted by atomic mass is 16.7. The second-order valence-corrected chi connectivity index (χ2v) is 9.75. The van der Waals surface area contributed by atoms with Crippen molar-refractivity contribution < 1.29 is 39.2 Å². The average molecular weight is 490 g/mol. The van der Waals surface area contributed by atoms with E-state index in [0.29, 0.717) is 0 Å². The van der Waals surface area contributed by atoms with E-state index < -0.39 is 48.7 Å². The third-order valence-electron chi connectivity index (χ3n) is 5.75. The zero-order valence-corrected chi connectivity index (χ0v) is 21.3. The molecule has 1 rings (SSSR count). The molecule has 0 saturated carbocycles. The summed E-state index contributed by atoms with van der Waals surface area (Å²) in [7, 11) is 1.29. The molecule has 7 atom stereocenters. The van der Waals surface area contributed by atoms with Crippen molar-refractivity contribution in [2.24, 2.45) is 11.8 Å². The molecule has 0 aliphatic carbocycles. The van der Waals surface area contributed by atoms with Crippen molar-refractivity contribution >= 4 is 17.6 Å². The second kappa shape index (κ2) is 14.1. The van der Waals surface area contributed by atoms with Gasteiger partial charge in [0.25, 0.3) is 0 Å². The van der Waals surface area contributed by atoms with E-state index in [0.717, 1.165) is 0 Å². The molecule has 6 N–H and O–H groups in total. The van der Waals surface area contributed by atoms with Crippen LogP contribution in [0.3, 0.4) is 0 Å². The van der Waals surface area contributed by atoms with Crippen LogP contribution in [-0.4, -0.2) is 95.4 Å². The van der Waals surface area contributed by atoms with Gasteiger partial charge in [0.15, 0.2) is 12.1 Å². The smallest absolute Gasteiger partial charge is 0.237 e. The van der Waals surface area contributed by atoms with Crippen molar-refractivity contribution in [2.45, 2.75) is 103 Å². The molecular formula is C23H43N3O8. The van der Waals surface area contributed by atoms with Crippen molar-refractivity contribution in [2.75, 3.05) is 13.7 Å². The van der Waals surface area contributed by atoms with E-state index in [1.165, 1.54) is 7.11 Å². The predicted octanol–water partition coefficient (Wildman–Crippen LogP) is -0.931. The van der Waals surface area contributed by atoms with E-state index in [4.69, 9.17) is 9.47 Å². The molecule has 0 aromatic carbocycles. The molecule has 0 aromatic rings. The van der Waals surface area contributed by atoms with E-state index in [-0.39, 0.29) is 49.0 Å². The molecule has 34 heavy (non-hydrogen) atoms. The lowest BCUT2D eigenvalue weighted by Crippen LogP contribution is -2.60. The normalized spacial score (nSPS) is 27.0. The van der Waals surface area contributed by atoms with Gasteiger partial charge in [-0.3, -0.25) is 14.4 Å². The Morgan fingerprint density at radius 2 is 1.59 bits per heavy atom. The van der Waals surface area contributed by atoms with Crippen LogP contribution in [-0.2, 0) is 23.9 Å². The summed E-state index contributed by atoms with van der Waals surface area (Å²) < 4.78 is 10.3.